The largest absolute Gasteiger partial charge is 0.508 e. The molecule has 0 radical (unpaired) electrons. The van der Waals surface area contributed by atoms with Gasteiger partial charge >= 0.3 is 0 Å². The molecule has 1 rings (SSSR count). The summed E-state index contributed by atoms with van der Waals surface area (Å²) in [6.07, 6.45) is 0. The van der Waals surface area contributed by atoms with Crippen LogP contribution in [0.1, 0.15) is 18.4 Å². The third kappa shape index (κ3) is 1.92. The van der Waals surface area contributed by atoms with E-state index in [1.165, 1.54) is 12.1 Å². The van der Waals surface area contributed by atoms with Crippen molar-refractivity contribution in [2.75, 3.05) is 6.54 Å². The first-order valence-corrected chi connectivity index (χ1v) is 4.32. The van der Waals surface area contributed by atoms with Gasteiger partial charge in [0.15, 0.2) is 0 Å². The number of phenolic OH excluding ortho intramolecular Hbond substituents is 1. The van der Waals surface area contributed by atoms with E-state index >= 15 is 0 Å². The van der Waals surface area contributed by atoms with E-state index in [1.54, 1.807) is 6.92 Å². The molecule has 0 heterocycles. The Bertz CT molecular complexity index is 317. The Morgan fingerprint density at radius 3 is 2.77 bits per heavy atom. The van der Waals surface area contributed by atoms with Crippen LogP contribution in [0.4, 0.5) is 4.39 Å². The molecule has 0 aliphatic heterocycles. The van der Waals surface area contributed by atoms with Crippen molar-refractivity contribution in [1.29, 1.82) is 0 Å². The number of benzene rings is 1. The minimum atomic E-state index is -0.584. The van der Waals surface area contributed by atoms with Crippen LogP contribution in [0, 0.1) is 5.82 Å². The van der Waals surface area contributed by atoms with Crippen molar-refractivity contribution in [3.8, 4) is 5.75 Å². The van der Waals surface area contributed by atoms with Gasteiger partial charge in [-0.1, -0.05) is 18.5 Å². The fraction of sp³-hybridized carbons (Fsp3) is 0.333. The second kappa shape index (κ2) is 3.94. The second-order valence-electron chi connectivity index (χ2n) is 2.93. The molecule has 0 spiro atoms. The lowest BCUT2D eigenvalue weighted by atomic mass is 10.00. The Kier molecular flexibility index (Phi) is 3.12. The van der Waals surface area contributed by atoms with Gasteiger partial charge in [-0.2, -0.15) is 0 Å². The number of phenols is 1. The van der Waals surface area contributed by atoms with Gasteiger partial charge in [-0.05, 0) is 24.6 Å². The summed E-state index contributed by atoms with van der Waals surface area (Å²) in [7, 11) is 0. The summed E-state index contributed by atoms with van der Waals surface area (Å²) in [6.45, 7) is 2.00. The van der Waals surface area contributed by atoms with Crippen LogP contribution in [0.5, 0.6) is 5.75 Å². The van der Waals surface area contributed by atoms with Crippen molar-refractivity contribution in [3.63, 3.8) is 0 Å². The topological polar surface area (TPSA) is 46.2 Å². The Balaban J connectivity index is 3.25. The molecule has 0 fully saturated rings. The molecule has 1 aromatic carbocycles. The zero-order valence-corrected chi connectivity index (χ0v) is 7.98. The number of hydrogen-bond donors (Lipinski definition) is 2. The highest BCUT2D eigenvalue weighted by molar-refractivity contribution is 6.30. The molecule has 2 nitrogen and oxygen atoms in total. The summed E-state index contributed by atoms with van der Waals surface area (Å²) in [4.78, 5) is 0. The first kappa shape index (κ1) is 10.3. The van der Waals surface area contributed by atoms with E-state index in [0.717, 1.165) is 0 Å². The molecule has 0 aliphatic rings. The lowest BCUT2D eigenvalue weighted by Crippen LogP contribution is -2.10. The Hall–Kier alpha value is -0.800. The van der Waals surface area contributed by atoms with Crippen molar-refractivity contribution < 1.29 is 9.50 Å². The minimum Gasteiger partial charge on any atom is -0.508 e. The standard InChI is InChI=1S/C9H11ClFNO/c1-5(4-12)8-7(13)3-2-6(10)9(8)11/h2-3,5,13H,4,12H2,1H3. The molecule has 0 aromatic heterocycles. The molecule has 0 saturated carbocycles. The summed E-state index contributed by atoms with van der Waals surface area (Å²) in [5.74, 6) is -0.918. The Labute approximate surface area is 81.1 Å². The zero-order chi connectivity index (χ0) is 10.0. The smallest absolute Gasteiger partial charge is 0.148 e. The van der Waals surface area contributed by atoms with E-state index in [0.29, 0.717) is 0 Å². The van der Waals surface area contributed by atoms with E-state index in [4.69, 9.17) is 17.3 Å². The summed E-state index contributed by atoms with van der Waals surface area (Å²) < 4.78 is 13.4. The quantitative estimate of drug-likeness (QED) is 0.775. The van der Waals surface area contributed by atoms with E-state index in [2.05, 4.69) is 0 Å². The average molecular weight is 204 g/mol. The molecule has 0 amide bonds. The monoisotopic (exact) mass is 203 g/mol. The van der Waals surface area contributed by atoms with Crippen molar-refractivity contribution in [2.24, 2.45) is 5.73 Å². The van der Waals surface area contributed by atoms with Crippen LogP contribution in [0.2, 0.25) is 5.02 Å². The highest BCUT2D eigenvalue weighted by atomic mass is 35.5. The third-order valence-corrected chi connectivity index (χ3v) is 2.25. The molecule has 1 atom stereocenters. The van der Waals surface area contributed by atoms with E-state index in [9.17, 15) is 9.50 Å². The van der Waals surface area contributed by atoms with Gasteiger partial charge < -0.3 is 10.8 Å². The lowest BCUT2D eigenvalue weighted by molar-refractivity contribution is 0.452. The number of rotatable bonds is 2. The fourth-order valence-electron chi connectivity index (χ4n) is 1.14. The minimum absolute atomic E-state index is 0.00750. The molecule has 0 saturated heterocycles. The van der Waals surface area contributed by atoms with Crippen molar-refractivity contribution in [2.45, 2.75) is 12.8 Å². The molecule has 1 aromatic rings. The maximum Gasteiger partial charge on any atom is 0.148 e. The Morgan fingerprint density at radius 1 is 1.62 bits per heavy atom. The van der Waals surface area contributed by atoms with Crippen molar-refractivity contribution in [3.05, 3.63) is 28.5 Å². The predicted molar refractivity (Wildman–Crippen MR) is 50.5 cm³/mol. The van der Waals surface area contributed by atoms with Crippen molar-refractivity contribution in [1.82, 2.24) is 0 Å². The van der Waals surface area contributed by atoms with Gasteiger partial charge in [-0.25, -0.2) is 4.39 Å². The van der Waals surface area contributed by atoms with Crippen LogP contribution >= 0.6 is 11.6 Å². The number of hydrogen-bond acceptors (Lipinski definition) is 2. The molecule has 0 aliphatic carbocycles. The van der Waals surface area contributed by atoms with Crippen LogP contribution in [0.15, 0.2) is 12.1 Å². The van der Waals surface area contributed by atoms with Crippen LogP contribution in [0.25, 0.3) is 0 Å². The third-order valence-electron chi connectivity index (χ3n) is 1.96. The van der Waals surface area contributed by atoms with Gasteiger partial charge in [0.2, 0.25) is 0 Å². The summed E-state index contributed by atoms with van der Waals surface area (Å²) in [5, 5.41) is 9.37. The maximum atomic E-state index is 13.4. The lowest BCUT2D eigenvalue weighted by Gasteiger charge is -2.12. The van der Waals surface area contributed by atoms with Gasteiger partial charge in [-0.3, -0.25) is 0 Å². The summed E-state index contributed by atoms with van der Waals surface area (Å²) >= 11 is 5.56. The van der Waals surface area contributed by atoms with E-state index in [1.807, 2.05) is 0 Å². The molecular weight excluding hydrogens is 193 g/mol. The van der Waals surface area contributed by atoms with E-state index in [-0.39, 0.29) is 28.8 Å². The highest BCUT2D eigenvalue weighted by Crippen LogP contribution is 2.31. The zero-order valence-electron chi connectivity index (χ0n) is 7.22. The maximum absolute atomic E-state index is 13.4. The SMILES string of the molecule is CC(CN)c1c(O)ccc(Cl)c1F. The van der Waals surface area contributed by atoms with Gasteiger partial charge in [0.05, 0.1) is 5.02 Å². The van der Waals surface area contributed by atoms with E-state index < -0.39 is 5.82 Å². The first-order valence-electron chi connectivity index (χ1n) is 3.94. The predicted octanol–water partition coefficient (Wildman–Crippen LogP) is 2.25. The molecule has 0 bridgehead atoms. The molecule has 13 heavy (non-hydrogen) atoms. The second-order valence-corrected chi connectivity index (χ2v) is 3.34. The fourth-order valence-corrected chi connectivity index (χ4v) is 1.31. The number of aromatic hydroxyl groups is 1. The summed E-state index contributed by atoms with van der Waals surface area (Å²) in [6, 6.07) is 2.69. The molecule has 1 unspecified atom stereocenters. The molecule has 4 heteroatoms. The Morgan fingerprint density at radius 2 is 2.23 bits per heavy atom. The summed E-state index contributed by atoms with van der Waals surface area (Å²) in [5.41, 5.74) is 5.56. The highest BCUT2D eigenvalue weighted by Gasteiger charge is 2.16. The van der Waals surface area contributed by atoms with Crippen molar-refractivity contribution >= 4 is 11.6 Å². The van der Waals surface area contributed by atoms with Crippen LogP contribution < -0.4 is 5.73 Å². The first-order chi connectivity index (χ1) is 6.07. The molecule has 3 N–H and O–H groups in total. The normalized spacial score (nSPS) is 12.9. The van der Waals surface area contributed by atoms with Gasteiger partial charge in [0.25, 0.3) is 0 Å². The van der Waals surface area contributed by atoms with Gasteiger partial charge in [-0.15, -0.1) is 0 Å². The molecular formula is C9H11ClFNO. The number of halogens is 2. The molecule has 72 valence electrons. The van der Waals surface area contributed by atoms with Gasteiger partial charge in [0.1, 0.15) is 11.6 Å². The average Bonchev–Trinajstić information content (AvgIpc) is 2.12. The van der Waals surface area contributed by atoms with Crippen LogP contribution in [0.3, 0.4) is 0 Å². The van der Waals surface area contributed by atoms with Gasteiger partial charge in [0, 0.05) is 5.56 Å². The van der Waals surface area contributed by atoms with Crippen LogP contribution in [-0.4, -0.2) is 11.7 Å². The number of nitrogens with two attached hydrogens (primary N) is 1. The van der Waals surface area contributed by atoms with Crippen LogP contribution in [-0.2, 0) is 0 Å².